The van der Waals surface area contributed by atoms with Crippen LogP contribution in [0.25, 0.3) is 11.3 Å². The lowest BCUT2D eigenvalue weighted by molar-refractivity contribution is 0.187. The van der Waals surface area contributed by atoms with Crippen molar-refractivity contribution < 1.29 is 4.74 Å². The number of nitrogens with zero attached hydrogens (tertiary/aromatic N) is 1. The molecule has 102 valence electrons. The summed E-state index contributed by atoms with van der Waals surface area (Å²) in [5.74, 6) is 0.810. The Bertz CT molecular complexity index is 548. The van der Waals surface area contributed by atoms with Gasteiger partial charge >= 0.3 is 0 Å². The van der Waals surface area contributed by atoms with Gasteiger partial charge in [0.05, 0.1) is 17.9 Å². The molecule has 1 aromatic heterocycles. The summed E-state index contributed by atoms with van der Waals surface area (Å²) in [5.41, 5.74) is 10.8. The molecule has 1 heterocycles. The molecule has 1 atom stereocenters. The molecule has 0 bridgehead atoms. The number of ether oxygens (including phenoxy) is 1. The third kappa shape index (κ3) is 3.22. The normalized spacial score (nSPS) is 12.6. The molecular formula is C15H21N3O. The van der Waals surface area contributed by atoms with Crippen LogP contribution in [0.4, 0.5) is 0 Å². The monoisotopic (exact) mass is 259 g/mol. The average Bonchev–Trinajstić information content (AvgIpc) is 2.89. The molecule has 4 heteroatoms. The molecule has 0 spiro atoms. The van der Waals surface area contributed by atoms with E-state index >= 15 is 0 Å². The molecule has 0 saturated carbocycles. The number of benzene rings is 1. The molecule has 0 aliphatic rings. The number of imidazole rings is 1. The average molecular weight is 259 g/mol. The van der Waals surface area contributed by atoms with E-state index in [0.29, 0.717) is 6.61 Å². The summed E-state index contributed by atoms with van der Waals surface area (Å²) in [6.07, 6.45) is 2.60. The fraction of sp³-hybridized carbons (Fsp3) is 0.400. The number of methoxy groups -OCH3 is 1. The summed E-state index contributed by atoms with van der Waals surface area (Å²) < 4.78 is 5.03. The first-order valence-electron chi connectivity index (χ1n) is 6.49. The van der Waals surface area contributed by atoms with Gasteiger partial charge in [-0.25, -0.2) is 4.98 Å². The predicted octanol–water partition coefficient (Wildman–Crippen LogP) is 2.73. The molecule has 0 amide bonds. The minimum absolute atomic E-state index is 0.111. The van der Waals surface area contributed by atoms with Crippen molar-refractivity contribution in [3.63, 3.8) is 0 Å². The summed E-state index contributed by atoms with van der Waals surface area (Å²) in [4.78, 5) is 7.65. The number of H-pyrrole nitrogens is 1. The van der Waals surface area contributed by atoms with Crippen LogP contribution in [-0.2, 0) is 4.74 Å². The third-order valence-corrected chi connectivity index (χ3v) is 3.40. The Morgan fingerprint density at radius 3 is 2.79 bits per heavy atom. The van der Waals surface area contributed by atoms with Crippen molar-refractivity contribution in [3.8, 4) is 11.3 Å². The smallest absolute Gasteiger partial charge is 0.123 e. The lowest BCUT2D eigenvalue weighted by Gasteiger charge is -2.07. The zero-order chi connectivity index (χ0) is 13.8. The molecule has 1 unspecified atom stereocenters. The van der Waals surface area contributed by atoms with E-state index < -0.39 is 0 Å². The number of hydrogen-bond acceptors (Lipinski definition) is 3. The Balaban J connectivity index is 2.18. The molecule has 0 aliphatic carbocycles. The Hall–Kier alpha value is -1.65. The molecule has 2 aromatic rings. The van der Waals surface area contributed by atoms with Crippen molar-refractivity contribution in [1.29, 1.82) is 0 Å². The Morgan fingerprint density at radius 2 is 2.11 bits per heavy atom. The van der Waals surface area contributed by atoms with Crippen LogP contribution in [0.1, 0.15) is 29.4 Å². The summed E-state index contributed by atoms with van der Waals surface area (Å²) in [7, 11) is 1.68. The van der Waals surface area contributed by atoms with Crippen LogP contribution >= 0.6 is 0 Å². The van der Waals surface area contributed by atoms with Crippen molar-refractivity contribution in [3.05, 3.63) is 41.3 Å². The van der Waals surface area contributed by atoms with Crippen LogP contribution in [-0.4, -0.2) is 23.7 Å². The van der Waals surface area contributed by atoms with E-state index in [1.807, 2.05) is 6.20 Å². The van der Waals surface area contributed by atoms with Gasteiger partial charge in [0.25, 0.3) is 0 Å². The van der Waals surface area contributed by atoms with Crippen molar-refractivity contribution in [1.82, 2.24) is 9.97 Å². The van der Waals surface area contributed by atoms with Gasteiger partial charge in [-0.3, -0.25) is 0 Å². The highest BCUT2D eigenvalue weighted by Crippen LogP contribution is 2.22. The molecule has 3 N–H and O–H groups in total. The first-order chi connectivity index (χ1) is 9.11. The highest BCUT2D eigenvalue weighted by Gasteiger charge is 2.11. The first kappa shape index (κ1) is 13.8. The molecule has 0 fully saturated rings. The van der Waals surface area contributed by atoms with Gasteiger partial charge in [0.1, 0.15) is 5.82 Å². The van der Waals surface area contributed by atoms with Gasteiger partial charge in [-0.05, 0) is 43.0 Å². The van der Waals surface area contributed by atoms with Crippen LogP contribution < -0.4 is 5.73 Å². The number of rotatable bonds is 5. The zero-order valence-corrected chi connectivity index (χ0v) is 11.7. The maximum atomic E-state index is 6.05. The second kappa shape index (κ2) is 5.99. The maximum Gasteiger partial charge on any atom is 0.123 e. The van der Waals surface area contributed by atoms with Crippen molar-refractivity contribution >= 4 is 0 Å². The van der Waals surface area contributed by atoms with Crippen LogP contribution in [0.3, 0.4) is 0 Å². The second-order valence-electron chi connectivity index (χ2n) is 4.87. The van der Waals surface area contributed by atoms with E-state index in [9.17, 15) is 0 Å². The first-order valence-corrected chi connectivity index (χ1v) is 6.49. The lowest BCUT2D eigenvalue weighted by Crippen LogP contribution is -2.14. The molecule has 19 heavy (non-hydrogen) atoms. The summed E-state index contributed by atoms with van der Waals surface area (Å²) in [6.45, 7) is 4.86. The number of aromatic amines is 1. The largest absolute Gasteiger partial charge is 0.385 e. The fourth-order valence-corrected chi connectivity index (χ4v) is 1.96. The second-order valence-corrected chi connectivity index (χ2v) is 4.87. The van der Waals surface area contributed by atoms with Gasteiger partial charge in [-0.2, -0.15) is 0 Å². The van der Waals surface area contributed by atoms with Crippen molar-refractivity contribution in [2.75, 3.05) is 13.7 Å². The lowest BCUT2D eigenvalue weighted by atomic mass is 10.0. The Morgan fingerprint density at radius 1 is 1.32 bits per heavy atom. The molecule has 0 aliphatic heterocycles. The van der Waals surface area contributed by atoms with Crippen molar-refractivity contribution in [2.45, 2.75) is 26.3 Å². The van der Waals surface area contributed by atoms with Gasteiger partial charge < -0.3 is 15.5 Å². The van der Waals surface area contributed by atoms with Gasteiger partial charge in [-0.1, -0.05) is 12.1 Å². The summed E-state index contributed by atoms with van der Waals surface area (Å²) >= 11 is 0. The van der Waals surface area contributed by atoms with Gasteiger partial charge in [0.2, 0.25) is 0 Å². The molecule has 1 aromatic carbocycles. The van der Waals surface area contributed by atoms with Gasteiger partial charge in [0.15, 0.2) is 0 Å². The van der Waals surface area contributed by atoms with E-state index in [-0.39, 0.29) is 6.04 Å². The van der Waals surface area contributed by atoms with Crippen LogP contribution in [0.2, 0.25) is 0 Å². The number of nitrogens with one attached hydrogen (secondary N) is 1. The van der Waals surface area contributed by atoms with E-state index in [4.69, 9.17) is 10.5 Å². The molecule has 4 nitrogen and oxygen atoms in total. The number of aryl methyl sites for hydroxylation is 2. The van der Waals surface area contributed by atoms with Gasteiger partial charge in [-0.15, -0.1) is 0 Å². The third-order valence-electron chi connectivity index (χ3n) is 3.40. The summed E-state index contributed by atoms with van der Waals surface area (Å²) in [5, 5.41) is 0. The number of nitrogens with two attached hydrogens (primary N) is 1. The van der Waals surface area contributed by atoms with Crippen molar-refractivity contribution in [2.24, 2.45) is 5.73 Å². The van der Waals surface area contributed by atoms with Crippen LogP contribution in [0.5, 0.6) is 0 Å². The molecule has 0 saturated heterocycles. The number of hydrogen-bond donors (Lipinski definition) is 2. The standard InChI is InChI=1S/C15H21N3O/c1-10-4-5-12(8-11(10)2)14-9-17-15(18-14)13(16)6-7-19-3/h4-5,8-9,13H,6-7,16H2,1-3H3,(H,17,18). The molecular weight excluding hydrogens is 238 g/mol. The van der Waals surface area contributed by atoms with Gasteiger partial charge in [0, 0.05) is 13.7 Å². The SMILES string of the molecule is COCCC(N)c1ncc(-c2ccc(C)c(C)c2)[nH]1. The fourth-order valence-electron chi connectivity index (χ4n) is 1.96. The Kier molecular flexibility index (Phi) is 4.35. The minimum Gasteiger partial charge on any atom is -0.385 e. The van der Waals surface area contributed by atoms with E-state index in [1.165, 1.54) is 11.1 Å². The summed E-state index contributed by atoms with van der Waals surface area (Å²) in [6, 6.07) is 6.27. The topological polar surface area (TPSA) is 63.9 Å². The maximum absolute atomic E-state index is 6.05. The predicted molar refractivity (Wildman–Crippen MR) is 76.9 cm³/mol. The quantitative estimate of drug-likeness (QED) is 0.867. The number of aromatic nitrogens is 2. The van der Waals surface area contributed by atoms with Crippen LogP contribution in [0, 0.1) is 13.8 Å². The molecule has 0 radical (unpaired) electrons. The zero-order valence-electron chi connectivity index (χ0n) is 11.7. The minimum atomic E-state index is -0.111. The van der Waals surface area contributed by atoms with E-state index in [2.05, 4.69) is 42.0 Å². The van der Waals surface area contributed by atoms with E-state index in [1.54, 1.807) is 7.11 Å². The molecule has 2 rings (SSSR count). The highest BCUT2D eigenvalue weighted by molar-refractivity contribution is 5.60. The van der Waals surface area contributed by atoms with E-state index in [0.717, 1.165) is 23.5 Å². The highest BCUT2D eigenvalue weighted by atomic mass is 16.5. The Labute approximate surface area is 114 Å². The van der Waals surface area contributed by atoms with Crippen LogP contribution in [0.15, 0.2) is 24.4 Å².